The first-order valence-corrected chi connectivity index (χ1v) is 8.57. The van der Waals surface area contributed by atoms with Crippen LogP contribution in [0.25, 0.3) is 11.4 Å². The van der Waals surface area contributed by atoms with Crippen LogP contribution in [0.4, 0.5) is 14.5 Å². The molecule has 1 unspecified atom stereocenters. The fourth-order valence-electron chi connectivity index (χ4n) is 3.22. The Morgan fingerprint density at radius 3 is 2.42 bits per heavy atom. The Hall–Kier alpha value is -2.10. The molecule has 0 N–H and O–H groups in total. The second-order valence-corrected chi connectivity index (χ2v) is 6.42. The van der Waals surface area contributed by atoms with E-state index < -0.39 is 11.6 Å². The molecule has 0 amide bonds. The molecule has 0 bridgehead atoms. The number of likely N-dealkylation sites (N-methyl/N-ethyl adjacent to an activating group) is 1. The van der Waals surface area contributed by atoms with Crippen LogP contribution in [0.3, 0.4) is 0 Å². The SMILES string of the molecule is CN1CCOCC1c1nc(-c2cc(F)c(N3CCOCC3)c(F)c2)no1. The third-order valence-electron chi connectivity index (χ3n) is 4.73. The van der Waals surface area contributed by atoms with E-state index in [-0.39, 0.29) is 23.1 Å². The van der Waals surface area contributed by atoms with E-state index in [1.807, 2.05) is 11.9 Å². The van der Waals surface area contributed by atoms with E-state index in [0.717, 1.165) is 6.54 Å². The van der Waals surface area contributed by atoms with Crippen molar-refractivity contribution in [1.82, 2.24) is 15.0 Å². The maximum atomic E-state index is 14.6. The number of ether oxygens (including phenoxy) is 2. The van der Waals surface area contributed by atoms with Crippen LogP contribution in [-0.4, -0.2) is 68.2 Å². The number of anilines is 1. The summed E-state index contributed by atoms with van der Waals surface area (Å²) in [5.74, 6) is -0.761. The molecule has 1 aromatic carbocycles. The van der Waals surface area contributed by atoms with Crippen LogP contribution in [-0.2, 0) is 9.47 Å². The van der Waals surface area contributed by atoms with Crippen molar-refractivity contribution in [3.05, 3.63) is 29.7 Å². The van der Waals surface area contributed by atoms with Crippen LogP contribution >= 0.6 is 0 Å². The average Bonchev–Trinajstić information content (AvgIpc) is 3.12. The van der Waals surface area contributed by atoms with Crippen molar-refractivity contribution in [3.8, 4) is 11.4 Å². The Bertz CT molecular complexity index is 756. The standard InChI is InChI=1S/C17H20F2N4O3/c1-22-2-5-25-10-14(22)17-20-16(21-26-17)11-8-12(18)15(13(19)9-11)23-3-6-24-7-4-23/h8-9,14H,2-7,10H2,1H3. The Balaban J connectivity index is 1.60. The molecule has 140 valence electrons. The highest BCUT2D eigenvalue weighted by molar-refractivity contribution is 5.62. The lowest BCUT2D eigenvalue weighted by molar-refractivity contribution is -0.00665. The summed E-state index contributed by atoms with van der Waals surface area (Å²) in [6.45, 7) is 3.64. The quantitative estimate of drug-likeness (QED) is 0.821. The molecule has 26 heavy (non-hydrogen) atoms. The Morgan fingerprint density at radius 1 is 1.04 bits per heavy atom. The smallest absolute Gasteiger partial charge is 0.246 e. The molecule has 2 aromatic rings. The summed E-state index contributed by atoms with van der Waals surface area (Å²) in [5.41, 5.74) is 0.201. The normalized spacial score (nSPS) is 22.0. The third kappa shape index (κ3) is 3.29. The van der Waals surface area contributed by atoms with E-state index >= 15 is 0 Å². The van der Waals surface area contributed by atoms with Crippen molar-refractivity contribution in [1.29, 1.82) is 0 Å². The molecule has 0 aliphatic carbocycles. The number of benzene rings is 1. The number of halogens is 2. The molecule has 2 aliphatic rings. The van der Waals surface area contributed by atoms with E-state index in [2.05, 4.69) is 10.1 Å². The van der Waals surface area contributed by atoms with Gasteiger partial charge in [-0.1, -0.05) is 5.16 Å². The minimum Gasteiger partial charge on any atom is -0.378 e. The van der Waals surface area contributed by atoms with Crippen LogP contribution in [0.2, 0.25) is 0 Å². The highest BCUT2D eigenvalue weighted by atomic mass is 19.1. The minimum absolute atomic E-state index is 0.0406. The molecule has 4 rings (SSSR count). The van der Waals surface area contributed by atoms with Gasteiger partial charge in [0, 0.05) is 25.2 Å². The number of aromatic nitrogens is 2. The second kappa shape index (κ2) is 7.26. The van der Waals surface area contributed by atoms with Gasteiger partial charge in [0.1, 0.15) is 23.4 Å². The predicted molar refractivity (Wildman–Crippen MR) is 88.9 cm³/mol. The van der Waals surface area contributed by atoms with E-state index in [1.54, 1.807) is 4.90 Å². The molecule has 0 saturated carbocycles. The highest BCUT2D eigenvalue weighted by Gasteiger charge is 2.28. The van der Waals surface area contributed by atoms with Crippen molar-refractivity contribution in [2.24, 2.45) is 0 Å². The fourth-order valence-corrected chi connectivity index (χ4v) is 3.22. The Kier molecular flexibility index (Phi) is 4.84. The summed E-state index contributed by atoms with van der Waals surface area (Å²) in [6, 6.07) is 2.32. The first kappa shape index (κ1) is 17.3. The molecule has 3 heterocycles. The lowest BCUT2D eigenvalue weighted by atomic mass is 10.1. The summed E-state index contributed by atoms with van der Waals surface area (Å²) in [4.78, 5) is 8.00. The van der Waals surface area contributed by atoms with E-state index in [9.17, 15) is 8.78 Å². The number of nitrogens with zero attached hydrogens (tertiary/aromatic N) is 4. The van der Waals surface area contributed by atoms with Gasteiger partial charge in [-0.25, -0.2) is 8.78 Å². The molecule has 2 aliphatic heterocycles. The monoisotopic (exact) mass is 366 g/mol. The van der Waals surface area contributed by atoms with Gasteiger partial charge < -0.3 is 18.9 Å². The molecule has 1 aromatic heterocycles. The topological polar surface area (TPSA) is 63.9 Å². The highest BCUT2D eigenvalue weighted by Crippen LogP contribution is 2.30. The second-order valence-electron chi connectivity index (χ2n) is 6.42. The number of rotatable bonds is 3. The van der Waals surface area contributed by atoms with Gasteiger partial charge in [-0.05, 0) is 19.2 Å². The molecular weight excluding hydrogens is 346 g/mol. The van der Waals surface area contributed by atoms with Crippen LogP contribution in [0.1, 0.15) is 11.9 Å². The van der Waals surface area contributed by atoms with Gasteiger partial charge in [0.2, 0.25) is 11.7 Å². The molecular formula is C17H20F2N4O3. The summed E-state index contributed by atoms with van der Waals surface area (Å²) in [6.07, 6.45) is 0. The van der Waals surface area contributed by atoms with E-state index in [1.165, 1.54) is 12.1 Å². The van der Waals surface area contributed by atoms with Crippen LogP contribution < -0.4 is 4.90 Å². The molecule has 2 saturated heterocycles. The van der Waals surface area contributed by atoms with Crippen molar-refractivity contribution < 1.29 is 22.8 Å². The Morgan fingerprint density at radius 2 is 1.73 bits per heavy atom. The average molecular weight is 366 g/mol. The first-order valence-electron chi connectivity index (χ1n) is 8.57. The summed E-state index contributed by atoms with van der Waals surface area (Å²) < 4.78 is 45.1. The molecule has 0 spiro atoms. The summed E-state index contributed by atoms with van der Waals surface area (Å²) in [7, 11) is 1.94. The van der Waals surface area contributed by atoms with Crippen LogP contribution in [0.15, 0.2) is 16.7 Å². The summed E-state index contributed by atoms with van der Waals surface area (Å²) in [5, 5.41) is 3.89. The lowest BCUT2D eigenvalue weighted by Gasteiger charge is -2.29. The minimum atomic E-state index is -0.647. The van der Waals surface area contributed by atoms with Gasteiger partial charge in [-0.2, -0.15) is 4.98 Å². The molecule has 1 atom stereocenters. The summed E-state index contributed by atoms with van der Waals surface area (Å²) >= 11 is 0. The van der Waals surface area contributed by atoms with Crippen molar-refractivity contribution in [2.75, 3.05) is 58.0 Å². The van der Waals surface area contributed by atoms with E-state index in [4.69, 9.17) is 14.0 Å². The number of morpholine rings is 2. The van der Waals surface area contributed by atoms with Crippen molar-refractivity contribution in [3.63, 3.8) is 0 Å². The lowest BCUT2D eigenvalue weighted by Crippen LogP contribution is -2.37. The van der Waals surface area contributed by atoms with Crippen molar-refractivity contribution in [2.45, 2.75) is 6.04 Å². The van der Waals surface area contributed by atoms with Crippen molar-refractivity contribution >= 4 is 5.69 Å². The maximum Gasteiger partial charge on any atom is 0.246 e. The molecule has 2 fully saturated rings. The van der Waals surface area contributed by atoms with Crippen LogP contribution in [0.5, 0.6) is 0 Å². The fraction of sp³-hybridized carbons (Fsp3) is 0.529. The van der Waals surface area contributed by atoms with Gasteiger partial charge in [-0.3, -0.25) is 4.90 Å². The number of hydrogen-bond acceptors (Lipinski definition) is 7. The Labute approximate surface area is 149 Å². The molecule has 0 radical (unpaired) electrons. The van der Waals surface area contributed by atoms with Gasteiger partial charge >= 0.3 is 0 Å². The van der Waals surface area contributed by atoms with Gasteiger partial charge in [0.25, 0.3) is 0 Å². The predicted octanol–water partition coefficient (Wildman–Crippen LogP) is 1.85. The van der Waals surface area contributed by atoms with Crippen LogP contribution in [0, 0.1) is 11.6 Å². The largest absolute Gasteiger partial charge is 0.378 e. The van der Waals surface area contributed by atoms with Gasteiger partial charge in [0.05, 0.1) is 26.4 Å². The zero-order valence-corrected chi connectivity index (χ0v) is 14.5. The molecule has 9 heteroatoms. The van der Waals surface area contributed by atoms with E-state index in [0.29, 0.717) is 45.4 Å². The zero-order chi connectivity index (χ0) is 18.1. The molecule has 7 nitrogen and oxygen atoms in total. The van der Waals surface area contributed by atoms with Gasteiger partial charge in [-0.15, -0.1) is 0 Å². The maximum absolute atomic E-state index is 14.6. The number of hydrogen-bond donors (Lipinski definition) is 0. The first-order chi connectivity index (χ1) is 12.6. The third-order valence-corrected chi connectivity index (χ3v) is 4.73. The zero-order valence-electron chi connectivity index (χ0n) is 14.5. The van der Waals surface area contributed by atoms with Gasteiger partial charge in [0.15, 0.2) is 0 Å².